The fraction of sp³-hybridized carbons (Fsp3) is 0.171. The highest BCUT2D eigenvalue weighted by atomic mass is 14.7. The van der Waals surface area contributed by atoms with E-state index in [2.05, 4.69) is 97.1 Å². The van der Waals surface area contributed by atoms with Crippen LogP contribution >= 0.6 is 0 Å². The summed E-state index contributed by atoms with van der Waals surface area (Å²) in [5.41, 5.74) is 27.6. The van der Waals surface area contributed by atoms with E-state index in [1.807, 2.05) is 0 Å². The Morgan fingerprint density at radius 1 is 0.463 bits per heavy atom. The van der Waals surface area contributed by atoms with Gasteiger partial charge in [0.25, 0.3) is 0 Å². The summed E-state index contributed by atoms with van der Waals surface area (Å²) in [5, 5.41) is 0. The Balaban J connectivity index is 1.34. The number of benzene rings is 3. The van der Waals surface area contributed by atoms with Crippen molar-refractivity contribution in [2.45, 2.75) is 25.7 Å². The minimum Gasteiger partial charge on any atom is -0.0616 e. The van der Waals surface area contributed by atoms with Crippen LogP contribution in [0.5, 0.6) is 0 Å². The molecule has 41 heavy (non-hydrogen) atoms. The summed E-state index contributed by atoms with van der Waals surface area (Å²) < 4.78 is 0. The molecule has 0 atom stereocenters. The lowest BCUT2D eigenvalue weighted by atomic mass is 9.44. The molecule has 0 amide bonds. The van der Waals surface area contributed by atoms with Crippen LogP contribution in [0.1, 0.15) is 59.1 Å². The summed E-state index contributed by atoms with van der Waals surface area (Å²) in [7, 11) is 0. The van der Waals surface area contributed by atoms with Gasteiger partial charge in [0, 0.05) is 17.3 Å². The molecule has 0 radical (unpaired) electrons. The molecule has 190 valence electrons. The van der Waals surface area contributed by atoms with E-state index in [1.54, 1.807) is 44.6 Å². The third-order valence-corrected chi connectivity index (χ3v) is 12.0. The first-order chi connectivity index (χ1) is 20.4. The van der Waals surface area contributed by atoms with Gasteiger partial charge in [-0.3, -0.25) is 0 Å². The lowest BCUT2D eigenvalue weighted by molar-refractivity contribution is 0.315. The van der Waals surface area contributed by atoms with Gasteiger partial charge in [0.05, 0.1) is 0 Å². The molecule has 0 saturated heterocycles. The first-order valence-electron chi connectivity index (χ1n) is 15.5. The van der Waals surface area contributed by atoms with Crippen LogP contribution in [-0.4, -0.2) is 0 Å². The van der Waals surface area contributed by atoms with Gasteiger partial charge >= 0.3 is 0 Å². The molecule has 0 bridgehead atoms. The Bertz CT molecular complexity index is 2040. The SMILES string of the molecule is C1=C2C3=C(C=C4c5ccccc5C5=CC6=C7C(=CC8=C9CCCCC9=C1C8C37C45)c1ccccc16)c1ccccc12. The quantitative estimate of drug-likeness (QED) is 0.278. The van der Waals surface area contributed by atoms with Crippen molar-refractivity contribution in [3.63, 3.8) is 0 Å². The molecular formula is C41H26. The Kier molecular flexibility index (Phi) is 3.19. The van der Waals surface area contributed by atoms with Gasteiger partial charge in [0.2, 0.25) is 0 Å². The van der Waals surface area contributed by atoms with Crippen molar-refractivity contribution >= 4 is 33.4 Å². The standard InChI is InChI=1S/C41H26/c1-2-10-22-21(9-1)29-17-31-23-11-3-4-12-24(23)33-19-35-27-15-7-8-16-28(27)36-20-34-26-14-6-5-13-25(26)32-18-30(22)37(29)41(38(31)33,39(32)34)40(35)36/h1-6,9-14,17-20,37,40H,7-8,15-16H2. The Morgan fingerprint density at radius 3 is 1.39 bits per heavy atom. The fourth-order valence-electron chi connectivity index (χ4n) is 10.9. The van der Waals surface area contributed by atoms with Crippen molar-refractivity contribution in [1.29, 1.82) is 0 Å². The van der Waals surface area contributed by atoms with E-state index in [9.17, 15) is 0 Å². The molecule has 0 unspecified atom stereocenters. The van der Waals surface area contributed by atoms with E-state index in [4.69, 9.17) is 0 Å². The highest BCUT2D eigenvalue weighted by Crippen LogP contribution is 2.80. The zero-order chi connectivity index (χ0) is 26.2. The molecule has 0 heteroatoms. The Morgan fingerprint density at radius 2 is 0.902 bits per heavy atom. The average Bonchev–Trinajstić information content (AvgIpc) is 3.74. The number of hydrogen-bond acceptors (Lipinski definition) is 0. The van der Waals surface area contributed by atoms with Gasteiger partial charge in [-0.1, -0.05) is 72.8 Å². The summed E-state index contributed by atoms with van der Waals surface area (Å²) in [6.45, 7) is 0. The van der Waals surface area contributed by atoms with Gasteiger partial charge in [-0.25, -0.2) is 0 Å². The predicted molar refractivity (Wildman–Crippen MR) is 167 cm³/mol. The second kappa shape index (κ2) is 6.39. The van der Waals surface area contributed by atoms with Gasteiger partial charge in [0.1, 0.15) is 0 Å². The maximum Gasteiger partial charge on any atom is 0.0445 e. The Labute approximate surface area is 239 Å². The van der Waals surface area contributed by atoms with Gasteiger partial charge in [-0.05, 0) is 150 Å². The molecule has 12 rings (SSSR count). The van der Waals surface area contributed by atoms with Crippen LogP contribution in [0.4, 0.5) is 0 Å². The van der Waals surface area contributed by atoms with E-state index in [-0.39, 0.29) is 5.41 Å². The van der Waals surface area contributed by atoms with Crippen molar-refractivity contribution in [3.8, 4) is 0 Å². The van der Waals surface area contributed by atoms with Crippen molar-refractivity contribution in [2.75, 3.05) is 0 Å². The predicted octanol–water partition coefficient (Wildman–Crippen LogP) is 9.62. The van der Waals surface area contributed by atoms with Gasteiger partial charge < -0.3 is 0 Å². The van der Waals surface area contributed by atoms with Gasteiger partial charge in [-0.15, -0.1) is 0 Å². The maximum atomic E-state index is 2.67. The molecule has 1 fully saturated rings. The molecule has 0 heterocycles. The smallest absolute Gasteiger partial charge is 0.0445 e. The molecular weight excluding hydrogens is 492 g/mol. The van der Waals surface area contributed by atoms with Crippen molar-refractivity contribution < 1.29 is 0 Å². The number of hydrogen-bond donors (Lipinski definition) is 0. The molecule has 1 saturated carbocycles. The Hall–Kier alpha value is -4.42. The summed E-state index contributed by atoms with van der Waals surface area (Å²) >= 11 is 0. The van der Waals surface area contributed by atoms with E-state index in [0.717, 1.165) is 0 Å². The van der Waals surface area contributed by atoms with Gasteiger partial charge in [-0.2, -0.15) is 0 Å². The van der Waals surface area contributed by atoms with Crippen LogP contribution in [0.2, 0.25) is 0 Å². The average molecular weight is 519 g/mol. The number of rotatable bonds is 0. The van der Waals surface area contributed by atoms with Gasteiger partial charge in [0.15, 0.2) is 0 Å². The first kappa shape index (κ1) is 20.5. The summed E-state index contributed by atoms with van der Waals surface area (Å²) in [5.74, 6) is 0.758. The zero-order valence-corrected chi connectivity index (χ0v) is 22.7. The van der Waals surface area contributed by atoms with Crippen LogP contribution in [0.15, 0.2) is 131 Å². The lowest BCUT2D eigenvalue weighted by Crippen LogP contribution is -2.48. The highest BCUT2D eigenvalue weighted by molar-refractivity contribution is 6.20. The van der Waals surface area contributed by atoms with Crippen LogP contribution < -0.4 is 0 Å². The second-order valence-corrected chi connectivity index (χ2v) is 13.3. The molecule has 9 aliphatic carbocycles. The van der Waals surface area contributed by atoms with Crippen LogP contribution in [0, 0.1) is 17.3 Å². The number of fused-ring (bicyclic) bond motifs is 10. The zero-order valence-electron chi connectivity index (χ0n) is 22.7. The lowest BCUT2D eigenvalue weighted by Gasteiger charge is -2.56. The van der Waals surface area contributed by atoms with E-state index in [0.29, 0.717) is 11.8 Å². The fourth-order valence-corrected chi connectivity index (χ4v) is 10.9. The second-order valence-electron chi connectivity index (χ2n) is 13.3. The van der Waals surface area contributed by atoms with Crippen molar-refractivity contribution in [1.82, 2.24) is 0 Å². The highest BCUT2D eigenvalue weighted by Gasteiger charge is 2.68. The minimum atomic E-state index is -0.105. The van der Waals surface area contributed by atoms with E-state index in [1.165, 1.54) is 81.4 Å². The molecule has 1 spiro atoms. The molecule has 0 N–H and O–H groups in total. The third-order valence-electron chi connectivity index (χ3n) is 12.0. The third kappa shape index (κ3) is 1.95. The van der Waals surface area contributed by atoms with Crippen molar-refractivity contribution in [2.24, 2.45) is 17.3 Å². The number of allylic oxidation sites excluding steroid dienone is 16. The molecule has 3 aromatic rings. The normalized spacial score (nSPS) is 29.4. The van der Waals surface area contributed by atoms with Crippen LogP contribution in [0.25, 0.3) is 33.4 Å². The molecule has 0 aromatic heterocycles. The monoisotopic (exact) mass is 518 g/mol. The molecule has 0 aliphatic heterocycles. The van der Waals surface area contributed by atoms with E-state index >= 15 is 0 Å². The minimum absolute atomic E-state index is 0.105. The maximum absolute atomic E-state index is 2.67. The van der Waals surface area contributed by atoms with Crippen LogP contribution in [-0.2, 0) is 0 Å². The summed E-state index contributed by atoms with van der Waals surface area (Å²) in [6, 6.07) is 27.9. The first-order valence-corrected chi connectivity index (χ1v) is 15.5. The van der Waals surface area contributed by atoms with Crippen molar-refractivity contribution in [3.05, 3.63) is 164 Å². The molecule has 0 nitrogen and oxygen atoms in total. The molecule has 9 aliphatic rings. The summed E-state index contributed by atoms with van der Waals surface area (Å²) in [4.78, 5) is 0. The molecule has 3 aromatic carbocycles. The van der Waals surface area contributed by atoms with E-state index < -0.39 is 0 Å². The van der Waals surface area contributed by atoms with Crippen LogP contribution in [0.3, 0.4) is 0 Å². The largest absolute Gasteiger partial charge is 0.0616 e. The topological polar surface area (TPSA) is 0 Å². The summed E-state index contributed by atoms with van der Waals surface area (Å²) in [6.07, 6.45) is 15.7.